The molecule has 2 saturated heterocycles. The second-order valence-electron chi connectivity index (χ2n) is 5.25. The van der Waals surface area contributed by atoms with Crippen molar-refractivity contribution in [1.82, 2.24) is 14.3 Å². The number of nitrogens with one attached hydrogen (secondary N) is 2. The minimum Gasteiger partial charge on any atom is -0.311 e. The van der Waals surface area contributed by atoms with Gasteiger partial charge in [0.1, 0.15) is 0 Å². The molecule has 100 valence electrons. The number of rotatable bonds is 5. The average molecular weight is 261 g/mol. The molecule has 0 aromatic heterocycles. The van der Waals surface area contributed by atoms with Crippen LogP contribution in [0.4, 0.5) is 0 Å². The van der Waals surface area contributed by atoms with Crippen LogP contribution in [0.2, 0.25) is 0 Å². The van der Waals surface area contributed by atoms with Crippen LogP contribution in [-0.4, -0.2) is 44.4 Å². The third-order valence-corrected chi connectivity index (χ3v) is 5.37. The molecule has 2 heterocycles. The van der Waals surface area contributed by atoms with Crippen molar-refractivity contribution >= 4 is 10.2 Å². The van der Waals surface area contributed by atoms with Gasteiger partial charge in [0.25, 0.3) is 10.2 Å². The lowest BCUT2D eigenvalue weighted by molar-refractivity contribution is 0.337. The first-order chi connectivity index (χ1) is 8.01. The summed E-state index contributed by atoms with van der Waals surface area (Å²) in [6.07, 6.45) is 5.07. The molecule has 2 atom stereocenters. The van der Waals surface area contributed by atoms with Crippen LogP contribution >= 0.6 is 0 Å². The molecular formula is C11H23N3O2S. The van der Waals surface area contributed by atoms with E-state index in [4.69, 9.17) is 0 Å². The fourth-order valence-corrected chi connectivity index (χ4v) is 4.11. The third kappa shape index (κ3) is 3.19. The standard InChI is InChI=1S/C11H23N3O2S/c1-3-6-14(2)17(15,16)13-11-7-9-4-5-10(8-11)12-9/h9-13H,3-8H2,1-2H3. The molecule has 0 amide bonds. The van der Waals surface area contributed by atoms with Gasteiger partial charge in [0, 0.05) is 31.7 Å². The molecule has 2 aliphatic rings. The number of nitrogens with zero attached hydrogens (tertiary/aromatic N) is 1. The second kappa shape index (κ2) is 5.22. The quantitative estimate of drug-likeness (QED) is 0.755. The van der Waals surface area contributed by atoms with Gasteiger partial charge in [-0.15, -0.1) is 0 Å². The summed E-state index contributed by atoms with van der Waals surface area (Å²) in [5.74, 6) is 0. The van der Waals surface area contributed by atoms with Crippen LogP contribution in [0.15, 0.2) is 0 Å². The second-order valence-corrected chi connectivity index (χ2v) is 7.06. The maximum atomic E-state index is 12.0. The summed E-state index contributed by atoms with van der Waals surface area (Å²) in [6, 6.07) is 1.13. The Bertz CT molecular complexity index is 346. The fraction of sp³-hybridized carbons (Fsp3) is 1.00. The Hall–Kier alpha value is -0.170. The van der Waals surface area contributed by atoms with E-state index in [0.717, 1.165) is 19.3 Å². The minimum atomic E-state index is -3.29. The number of hydrogen-bond acceptors (Lipinski definition) is 3. The Morgan fingerprint density at radius 3 is 2.41 bits per heavy atom. The molecule has 0 radical (unpaired) electrons. The van der Waals surface area contributed by atoms with Gasteiger partial charge in [0.15, 0.2) is 0 Å². The van der Waals surface area contributed by atoms with Crippen molar-refractivity contribution in [2.45, 2.75) is 57.2 Å². The number of fused-ring (bicyclic) bond motifs is 2. The van der Waals surface area contributed by atoms with E-state index in [1.165, 1.54) is 17.1 Å². The first-order valence-corrected chi connectivity index (χ1v) is 7.95. The summed E-state index contributed by atoms with van der Waals surface area (Å²) in [5, 5.41) is 3.51. The van der Waals surface area contributed by atoms with Crippen LogP contribution in [0, 0.1) is 0 Å². The highest BCUT2D eigenvalue weighted by molar-refractivity contribution is 7.87. The van der Waals surface area contributed by atoms with Gasteiger partial charge in [-0.25, -0.2) is 0 Å². The normalized spacial score (nSPS) is 33.2. The molecule has 2 aliphatic heterocycles. The smallest absolute Gasteiger partial charge is 0.279 e. The van der Waals surface area contributed by atoms with Crippen molar-refractivity contribution in [3.8, 4) is 0 Å². The molecule has 0 aliphatic carbocycles. The van der Waals surface area contributed by atoms with Crippen LogP contribution in [0.1, 0.15) is 39.0 Å². The molecule has 5 nitrogen and oxygen atoms in total. The van der Waals surface area contributed by atoms with E-state index < -0.39 is 10.2 Å². The molecule has 0 aromatic carbocycles. The van der Waals surface area contributed by atoms with Gasteiger partial charge in [-0.2, -0.15) is 17.4 Å². The summed E-state index contributed by atoms with van der Waals surface area (Å²) in [5.41, 5.74) is 0. The largest absolute Gasteiger partial charge is 0.311 e. The maximum Gasteiger partial charge on any atom is 0.279 e. The Morgan fingerprint density at radius 1 is 1.29 bits per heavy atom. The van der Waals surface area contributed by atoms with Crippen LogP contribution in [0.25, 0.3) is 0 Å². The summed E-state index contributed by atoms with van der Waals surface area (Å²) in [4.78, 5) is 0. The lowest BCUT2D eigenvalue weighted by atomic mass is 10.0. The van der Waals surface area contributed by atoms with Crippen molar-refractivity contribution in [1.29, 1.82) is 0 Å². The van der Waals surface area contributed by atoms with Crippen LogP contribution in [0.5, 0.6) is 0 Å². The fourth-order valence-electron chi connectivity index (χ4n) is 2.89. The van der Waals surface area contributed by atoms with Crippen LogP contribution < -0.4 is 10.0 Å². The highest BCUT2D eigenvalue weighted by Crippen LogP contribution is 2.27. The Labute approximate surface area is 104 Å². The molecule has 0 saturated carbocycles. The zero-order valence-electron chi connectivity index (χ0n) is 10.6. The van der Waals surface area contributed by atoms with Gasteiger partial charge in [0.05, 0.1) is 0 Å². The summed E-state index contributed by atoms with van der Waals surface area (Å²) in [6.45, 7) is 2.56. The van der Waals surface area contributed by atoms with E-state index >= 15 is 0 Å². The van der Waals surface area contributed by atoms with E-state index in [2.05, 4.69) is 10.0 Å². The maximum absolute atomic E-state index is 12.0. The number of piperidine rings is 1. The van der Waals surface area contributed by atoms with Crippen molar-refractivity contribution in [2.24, 2.45) is 0 Å². The van der Waals surface area contributed by atoms with Gasteiger partial charge in [-0.05, 0) is 32.1 Å². The number of hydrogen-bond donors (Lipinski definition) is 2. The topological polar surface area (TPSA) is 61.4 Å². The van der Waals surface area contributed by atoms with Crippen molar-refractivity contribution in [2.75, 3.05) is 13.6 Å². The van der Waals surface area contributed by atoms with Gasteiger partial charge in [-0.3, -0.25) is 0 Å². The molecule has 2 bridgehead atoms. The summed E-state index contributed by atoms with van der Waals surface area (Å²) < 4.78 is 28.3. The lowest BCUT2D eigenvalue weighted by Crippen LogP contribution is -2.51. The summed E-state index contributed by atoms with van der Waals surface area (Å²) >= 11 is 0. The van der Waals surface area contributed by atoms with Gasteiger partial charge >= 0.3 is 0 Å². The Morgan fingerprint density at radius 2 is 1.88 bits per heavy atom. The van der Waals surface area contributed by atoms with E-state index in [-0.39, 0.29) is 6.04 Å². The summed E-state index contributed by atoms with van der Waals surface area (Å²) in [7, 11) is -1.65. The Balaban J connectivity index is 1.92. The minimum absolute atomic E-state index is 0.109. The van der Waals surface area contributed by atoms with Crippen molar-refractivity contribution in [3.63, 3.8) is 0 Å². The molecule has 2 rings (SSSR count). The first kappa shape index (κ1) is 13.3. The highest BCUT2D eigenvalue weighted by atomic mass is 32.2. The van der Waals surface area contributed by atoms with Gasteiger partial charge < -0.3 is 5.32 Å². The van der Waals surface area contributed by atoms with Gasteiger partial charge in [-0.1, -0.05) is 6.92 Å². The van der Waals surface area contributed by atoms with E-state index in [0.29, 0.717) is 18.6 Å². The van der Waals surface area contributed by atoms with Gasteiger partial charge in [0.2, 0.25) is 0 Å². The van der Waals surface area contributed by atoms with Crippen molar-refractivity contribution < 1.29 is 8.42 Å². The van der Waals surface area contributed by atoms with E-state index in [1.807, 2.05) is 6.92 Å². The lowest BCUT2D eigenvalue weighted by Gasteiger charge is -2.30. The van der Waals surface area contributed by atoms with E-state index in [9.17, 15) is 8.42 Å². The molecule has 0 spiro atoms. The van der Waals surface area contributed by atoms with Crippen LogP contribution in [-0.2, 0) is 10.2 Å². The molecule has 2 unspecified atom stereocenters. The Kier molecular flexibility index (Phi) is 4.07. The SMILES string of the molecule is CCCN(C)S(=O)(=O)NC1CC2CCC(C1)N2. The van der Waals surface area contributed by atoms with E-state index in [1.54, 1.807) is 7.05 Å². The molecule has 17 heavy (non-hydrogen) atoms. The average Bonchev–Trinajstić information content (AvgIpc) is 2.58. The zero-order chi connectivity index (χ0) is 12.5. The molecular weight excluding hydrogens is 238 g/mol. The molecule has 2 fully saturated rings. The molecule has 6 heteroatoms. The predicted molar refractivity (Wildman–Crippen MR) is 67.9 cm³/mol. The molecule has 2 N–H and O–H groups in total. The first-order valence-electron chi connectivity index (χ1n) is 6.51. The highest BCUT2D eigenvalue weighted by Gasteiger charge is 2.35. The zero-order valence-corrected chi connectivity index (χ0v) is 11.5. The monoisotopic (exact) mass is 261 g/mol. The third-order valence-electron chi connectivity index (χ3n) is 3.74. The predicted octanol–water partition coefficient (Wildman–Crippen LogP) is 0.446. The van der Waals surface area contributed by atoms with Crippen molar-refractivity contribution in [3.05, 3.63) is 0 Å². The molecule has 0 aromatic rings. The van der Waals surface area contributed by atoms with Crippen LogP contribution in [0.3, 0.4) is 0 Å².